The van der Waals surface area contributed by atoms with E-state index in [1.807, 2.05) is 0 Å². The van der Waals surface area contributed by atoms with Gasteiger partial charge in [0.25, 0.3) is 6.43 Å². The molecule has 0 aliphatic rings. The highest BCUT2D eigenvalue weighted by Crippen LogP contribution is 2.30. The standard InChI is InChI=1S/C9H7F6N/c1-9(16,8(14)15)3-2-4(10)6(12)7(13)5(3)11/h2,8H,16H2,1H3. The van der Waals surface area contributed by atoms with Crippen LogP contribution in [0, 0.1) is 23.3 Å². The fourth-order valence-electron chi connectivity index (χ4n) is 1.08. The Labute approximate surface area is 86.9 Å². The van der Waals surface area contributed by atoms with Crippen molar-refractivity contribution in [2.75, 3.05) is 0 Å². The van der Waals surface area contributed by atoms with Gasteiger partial charge in [0.1, 0.15) is 5.54 Å². The molecule has 1 aromatic carbocycles. The largest absolute Gasteiger partial charge is 0.317 e. The van der Waals surface area contributed by atoms with E-state index in [1.165, 1.54) is 0 Å². The molecule has 0 aliphatic carbocycles. The Hall–Kier alpha value is -1.24. The number of alkyl halides is 2. The quantitative estimate of drug-likeness (QED) is 0.482. The summed E-state index contributed by atoms with van der Waals surface area (Å²) in [7, 11) is 0. The van der Waals surface area contributed by atoms with E-state index in [-0.39, 0.29) is 6.07 Å². The van der Waals surface area contributed by atoms with Crippen LogP contribution in [0.1, 0.15) is 12.5 Å². The maximum absolute atomic E-state index is 13.1. The van der Waals surface area contributed by atoms with E-state index in [9.17, 15) is 26.3 Å². The molecule has 0 radical (unpaired) electrons. The minimum absolute atomic E-state index is 0.125. The van der Waals surface area contributed by atoms with Gasteiger partial charge in [0.2, 0.25) is 0 Å². The van der Waals surface area contributed by atoms with Gasteiger partial charge in [0.05, 0.1) is 0 Å². The van der Waals surface area contributed by atoms with Crippen molar-refractivity contribution in [3.63, 3.8) is 0 Å². The van der Waals surface area contributed by atoms with Crippen LogP contribution < -0.4 is 5.73 Å². The maximum Gasteiger partial charge on any atom is 0.260 e. The molecule has 1 nitrogen and oxygen atoms in total. The van der Waals surface area contributed by atoms with Gasteiger partial charge in [0, 0.05) is 5.56 Å². The third-order valence-electron chi connectivity index (χ3n) is 2.14. The molecule has 2 N–H and O–H groups in total. The summed E-state index contributed by atoms with van der Waals surface area (Å²) in [5.41, 5.74) is 1.31. The summed E-state index contributed by atoms with van der Waals surface area (Å²) in [5, 5.41) is 0. The lowest BCUT2D eigenvalue weighted by Crippen LogP contribution is -2.42. The van der Waals surface area contributed by atoms with E-state index < -0.39 is 40.8 Å². The van der Waals surface area contributed by atoms with E-state index in [0.717, 1.165) is 0 Å². The summed E-state index contributed by atoms with van der Waals surface area (Å²) in [6.45, 7) is 0.687. The molecule has 1 rings (SSSR count). The molecule has 0 fully saturated rings. The van der Waals surface area contributed by atoms with Gasteiger partial charge >= 0.3 is 0 Å². The predicted octanol–water partition coefficient (Wildman–Crippen LogP) is 2.68. The van der Waals surface area contributed by atoms with Gasteiger partial charge in [-0.15, -0.1) is 0 Å². The highest BCUT2D eigenvalue weighted by Gasteiger charge is 2.37. The third kappa shape index (κ3) is 1.87. The van der Waals surface area contributed by atoms with Gasteiger partial charge in [-0.2, -0.15) is 0 Å². The molecular formula is C9H7F6N. The van der Waals surface area contributed by atoms with Crippen molar-refractivity contribution in [2.45, 2.75) is 18.9 Å². The van der Waals surface area contributed by atoms with Crippen molar-refractivity contribution in [3.8, 4) is 0 Å². The van der Waals surface area contributed by atoms with Crippen LogP contribution in [0.4, 0.5) is 26.3 Å². The van der Waals surface area contributed by atoms with Crippen LogP contribution in [-0.4, -0.2) is 6.43 Å². The number of rotatable bonds is 2. The van der Waals surface area contributed by atoms with Crippen LogP contribution in [0.25, 0.3) is 0 Å². The maximum atomic E-state index is 13.1. The average molecular weight is 243 g/mol. The lowest BCUT2D eigenvalue weighted by molar-refractivity contribution is 0.0597. The molecule has 0 aromatic heterocycles. The molecule has 0 heterocycles. The van der Waals surface area contributed by atoms with Crippen molar-refractivity contribution in [3.05, 3.63) is 34.9 Å². The summed E-state index contributed by atoms with van der Waals surface area (Å²) in [5.74, 6) is -7.91. The molecule has 1 atom stereocenters. The van der Waals surface area contributed by atoms with Gasteiger partial charge in [-0.1, -0.05) is 0 Å². The number of hydrogen-bond acceptors (Lipinski definition) is 1. The molecule has 0 amide bonds. The average Bonchev–Trinajstić information content (AvgIpc) is 2.19. The topological polar surface area (TPSA) is 26.0 Å². The number of halogens is 6. The van der Waals surface area contributed by atoms with Crippen molar-refractivity contribution >= 4 is 0 Å². The van der Waals surface area contributed by atoms with Crippen LogP contribution in [0.15, 0.2) is 6.07 Å². The van der Waals surface area contributed by atoms with Crippen molar-refractivity contribution in [1.82, 2.24) is 0 Å². The lowest BCUT2D eigenvalue weighted by atomic mass is 9.93. The normalized spacial score (nSPS) is 15.3. The summed E-state index contributed by atoms with van der Waals surface area (Å²) in [4.78, 5) is 0. The Morgan fingerprint density at radius 1 is 1.06 bits per heavy atom. The second-order valence-corrected chi connectivity index (χ2v) is 3.43. The molecule has 1 aromatic rings. The SMILES string of the molecule is CC(N)(c1cc(F)c(F)c(F)c1F)C(F)F. The zero-order valence-corrected chi connectivity index (χ0v) is 8.00. The van der Waals surface area contributed by atoms with Crippen LogP contribution in [0.5, 0.6) is 0 Å². The smallest absolute Gasteiger partial charge is 0.260 e. The zero-order chi connectivity index (χ0) is 12.7. The van der Waals surface area contributed by atoms with Gasteiger partial charge in [-0.3, -0.25) is 0 Å². The second-order valence-electron chi connectivity index (χ2n) is 3.43. The molecule has 0 saturated carbocycles. The zero-order valence-electron chi connectivity index (χ0n) is 8.00. The van der Waals surface area contributed by atoms with E-state index in [1.54, 1.807) is 0 Å². The highest BCUT2D eigenvalue weighted by molar-refractivity contribution is 5.28. The number of benzene rings is 1. The van der Waals surface area contributed by atoms with E-state index in [2.05, 4.69) is 0 Å². The molecule has 16 heavy (non-hydrogen) atoms. The first kappa shape index (κ1) is 12.8. The fraction of sp³-hybridized carbons (Fsp3) is 0.333. The van der Waals surface area contributed by atoms with Crippen LogP contribution in [-0.2, 0) is 5.54 Å². The number of nitrogens with two attached hydrogens (primary N) is 1. The van der Waals surface area contributed by atoms with Crippen LogP contribution in [0.2, 0.25) is 0 Å². The van der Waals surface area contributed by atoms with Crippen molar-refractivity contribution < 1.29 is 26.3 Å². The van der Waals surface area contributed by atoms with Crippen molar-refractivity contribution in [2.24, 2.45) is 5.73 Å². The first-order valence-corrected chi connectivity index (χ1v) is 4.10. The van der Waals surface area contributed by atoms with Crippen LogP contribution >= 0.6 is 0 Å². The Kier molecular flexibility index (Phi) is 3.18. The summed E-state index contributed by atoms with van der Waals surface area (Å²) < 4.78 is 76.0. The molecule has 0 bridgehead atoms. The van der Waals surface area contributed by atoms with E-state index in [0.29, 0.717) is 6.92 Å². The van der Waals surface area contributed by atoms with Crippen LogP contribution in [0.3, 0.4) is 0 Å². The fourth-order valence-corrected chi connectivity index (χ4v) is 1.08. The van der Waals surface area contributed by atoms with Gasteiger partial charge in [-0.25, -0.2) is 26.3 Å². The molecular weight excluding hydrogens is 236 g/mol. The highest BCUT2D eigenvalue weighted by atomic mass is 19.3. The Morgan fingerprint density at radius 2 is 1.56 bits per heavy atom. The first-order chi connectivity index (χ1) is 7.19. The second kappa shape index (κ2) is 3.97. The summed E-state index contributed by atoms with van der Waals surface area (Å²) in [6, 6.07) is 0.125. The van der Waals surface area contributed by atoms with Gasteiger partial charge in [-0.05, 0) is 13.0 Å². The lowest BCUT2D eigenvalue weighted by Gasteiger charge is -2.24. The monoisotopic (exact) mass is 243 g/mol. The van der Waals surface area contributed by atoms with Crippen molar-refractivity contribution in [1.29, 1.82) is 0 Å². The Bertz CT molecular complexity index is 415. The van der Waals surface area contributed by atoms with E-state index in [4.69, 9.17) is 5.73 Å². The Morgan fingerprint density at radius 3 is 2.00 bits per heavy atom. The Balaban J connectivity index is 3.47. The third-order valence-corrected chi connectivity index (χ3v) is 2.14. The predicted molar refractivity (Wildman–Crippen MR) is 43.8 cm³/mol. The molecule has 0 spiro atoms. The molecule has 0 saturated heterocycles. The molecule has 7 heteroatoms. The van der Waals surface area contributed by atoms with E-state index >= 15 is 0 Å². The summed E-state index contributed by atoms with van der Waals surface area (Å²) >= 11 is 0. The molecule has 1 unspecified atom stereocenters. The summed E-state index contributed by atoms with van der Waals surface area (Å²) in [6.07, 6.45) is -3.26. The van der Waals surface area contributed by atoms with Gasteiger partial charge in [0.15, 0.2) is 23.3 Å². The molecule has 0 aliphatic heterocycles. The van der Waals surface area contributed by atoms with Gasteiger partial charge < -0.3 is 5.73 Å². The number of hydrogen-bond donors (Lipinski definition) is 1. The molecule has 90 valence electrons. The first-order valence-electron chi connectivity index (χ1n) is 4.10. The minimum Gasteiger partial charge on any atom is -0.317 e. The minimum atomic E-state index is -3.26.